The number of hydrogen-bond acceptors (Lipinski definition) is 4. The summed E-state index contributed by atoms with van der Waals surface area (Å²) in [6, 6.07) is 15.8. The van der Waals surface area contributed by atoms with Crippen molar-refractivity contribution in [1.29, 1.82) is 10.5 Å². The van der Waals surface area contributed by atoms with Crippen LogP contribution in [0.1, 0.15) is 17.2 Å². The molecule has 1 unspecified atom stereocenters. The molecule has 104 valence electrons. The molecule has 1 N–H and O–H groups in total. The van der Waals surface area contributed by atoms with Gasteiger partial charge in [0.1, 0.15) is 17.9 Å². The molecule has 0 fully saturated rings. The minimum Gasteiger partial charge on any atom is -0.495 e. The highest BCUT2D eigenvalue weighted by molar-refractivity contribution is 6.30. The maximum Gasteiger partial charge on any atom is 0.140 e. The number of rotatable bonds is 4. The molecule has 0 aliphatic rings. The molecule has 2 aromatic carbocycles. The summed E-state index contributed by atoms with van der Waals surface area (Å²) in [5.41, 5.74) is 1.87. The maximum atomic E-state index is 9.33. The second-order valence-corrected chi connectivity index (χ2v) is 4.72. The van der Waals surface area contributed by atoms with Crippen LogP contribution in [0.15, 0.2) is 42.5 Å². The summed E-state index contributed by atoms with van der Waals surface area (Å²) < 4.78 is 5.10. The lowest BCUT2D eigenvalue weighted by Crippen LogP contribution is -2.08. The van der Waals surface area contributed by atoms with Crippen LogP contribution < -0.4 is 10.1 Å². The van der Waals surface area contributed by atoms with Gasteiger partial charge in [0.05, 0.1) is 18.7 Å². The van der Waals surface area contributed by atoms with Crippen LogP contribution in [-0.4, -0.2) is 7.11 Å². The van der Waals surface area contributed by atoms with Gasteiger partial charge in [0.2, 0.25) is 0 Å². The third kappa shape index (κ3) is 3.45. The first-order chi connectivity index (χ1) is 10.2. The van der Waals surface area contributed by atoms with Crippen molar-refractivity contribution in [3.8, 4) is 17.9 Å². The van der Waals surface area contributed by atoms with Crippen molar-refractivity contribution >= 4 is 17.3 Å². The zero-order valence-corrected chi connectivity index (χ0v) is 12.1. The molecule has 0 aromatic heterocycles. The SMILES string of the molecule is COc1ccc(C(C#N)Nc2ccc(Cl)cc2)cc1C#N. The molecule has 0 bridgehead atoms. The van der Waals surface area contributed by atoms with E-state index in [0.29, 0.717) is 21.9 Å². The fourth-order valence-electron chi connectivity index (χ4n) is 1.90. The minimum atomic E-state index is -0.566. The molecule has 0 radical (unpaired) electrons. The second-order valence-electron chi connectivity index (χ2n) is 4.28. The van der Waals surface area contributed by atoms with Gasteiger partial charge in [-0.05, 0) is 42.0 Å². The average molecular weight is 298 g/mol. The molecule has 21 heavy (non-hydrogen) atoms. The monoisotopic (exact) mass is 297 g/mol. The largest absolute Gasteiger partial charge is 0.495 e. The number of anilines is 1. The Balaban J connectivity index is 2.28. The van der Waals surface area contributed by atoms with Crippen LogP contribution in [0.25, 0.3) is 0 Å². The first-order valence-electron chi connectivity index (χ1n) is 6.17. The molecule has 0 aliphatic carbocycles. The zero-order valence-electron chi connectivity index (χ0n) is 11.3. The van der Waals surface area contributed by atoms with E-state index in [2.05, 4.69) is 17.5 Å². The number of nitriles is 2. The maximum absolute atomic E-state index is 9.33. The van der Waals surface area contributed by atoms with Gasteiger partial charge in [-0.1, -0.05) is 17.7 Å². The van der Waals surface area contributed by atoms with E-state index in [1.54, 1.807) is 42.5 Å². The summed E-state index contributed by atoms with van der Waals surface area (Å²) in [6.07, 6.45) is 0. The minimum absolute atomic E-state index is 0.396. The van der Waals surface area contributed by atoms with Crippen molar-refractivity contribution in [2.75, 3.05) is 12.4 Å². The highest BCUT2D eigenvalue weighted by Gasteiger charge is 2.13. The van der Waals surface area contributed by atoms with Gasteiger partial charge in [-0.25, -0.2) is 0 Å². The van der Waals surface area contributed by atoms with Crippen LogP contribution in [0.5, 0.6) is 5.75 Å². The van der Waals surface area contributed by atoms with E-state index < -0.39 is 6.04 Å². The van der Waals surface area contributed by atoms with Crippen LogP contribution in [0.2, 0.25) is 5.02 Å². The van der Waals surface area contributed by atoms with Gasteiger partial charge in [0, 0.05) is 10.7 Å². The molecule has 0 spiro atoms. The zero-order chi connectivity index (χ0) is 15.2. The Bertz CT molecular complexity index is 714. The molecule has 0 saturated heterocycles. The topological polar surface area (TPSA) is 68.8 Å². The number of nitrogens with one attached hydrogen (secondary N) is 1. The molecular weight excluding hydrogens is 286 g/mol. The van der Waals surface area contributed by atoms with Crippen molar-refractivity contribution in [3.63, 3.8) is 0 Å². The Morgan fingerprint density at radius 3 is 2.43 bits per heavy atom. The number of hydrogen-bond donors (Lipinski definition) is 1. The number of benzene rings is 2. The molecule has 5 heteroatoms. The van der Waals surface area contributed by atoms with Gasteiger partial charge < -0.3 is 10.1 Å². The van der Waals surface area contributed by atoms with Crippen molar-refractivity contribution < 1.29 is 4.74 Å². The smallest absolute Gasteiger partial charge is 0.140 e. The lowest BCUT2D eigenvalue weighted by atomic mass is 10.0. The van der Waals surface area contributed by atoms with Crippen molar-refractivity contribution in [2.45, 2.75) is 6.04 Å². The highest BCUT2D eigenvalue weighted by atomic mass is 35.5. The summed E-state index contributed by atoms with van der Waals surface area (Å²) >= 11 is 5.83. The van der Waals surface area contributed by atoms with Gasteiger partial charge in [-0.15, -0.1) is 0 Å². The van der Waals surface area contributed by atoms with Crippen LogP contribution in [0.4, 0.5) is 5.69 Å². The lowest BCUT2D eigenvalue weighted by Gasteiger charge is -2.14. The average Bonchev–Trinajstić information content (AvgIpc) is 2.53. The van der Waals surface area contributed by atoms with Gasteiger partial charge in [-0.3, -0.25) is 0 Å². The molecule has 2 aromatic rings. The molecule has 0 saturated carbocycles. The van der Waals surface area contributed by atoms with Crippen LogP contribution in [-0.2, 0) is 0 Å². The molecule has 2 rings (SSSR count). The Kier molecular flexibility index (Phi) is 4.66. The highest BCUT2D eigenvalue weighted by Crippen LogP contribution is 2.25. The van der Waals surface area contributed by atoms with E-state index in [9.17, 15) is 5.26 Å². The number of halogens is 1. The first-order valence-corrected chi connectivity index (χ1v) is 6.55. The molecule has 0 amide bonds. The lowest BCUT2D eigenvalue weighted by molar-refractivity contribution is 0.413. The standard InChI is InChI=1S/C16H12ClN3O/c1-21-16-7-2-11(8-12(16)9-18)15(10-19)20-14-5-3-13(17)4-6-14/h2-8,15,20H,1H3. The Labute approximate surface area is 128 Å². The Morgan fingerprint density at radius 1 is 1.14 bits per heavy atom. The normalized spacial score (nSPS) is 11.0. The summed E-state index contributed by atoms with van der Waals surface area (Å²) in [5, 5.41) is 22.2. The number of nitrogens with zero attached hydrogens (tertiary/aromatic N) is 2. The van der Waals surface area contributed by atoms with E-state index in [0.717, 1.165) is 5.69 Å². The second kappa shape index (κ2) is 6.65. The van der Waals surface area contributed by atoms with E-state index in [1.807, 2.05) is 0 Å². The molecule has 4 nitrogen and oxygen atoms in total. The van der Waals surface area contributed by atoms with E-state index in [-0.39, 0.29) is 0 Å². The van der Waals surface area contributed by atoms with Gasteiger partial charge in [0.15, 0.2) is 0 Å². The van der Waals surface area contributed by atoms with Gasteiger partial charge >= 0.3 is 0 Å². The van der Waals surface area contributed by atoms with Crippen LogP contribution in [0, 0.1) is 22.7 Å². The molecule has 0 heterocycles. The fraction of sp³-hybridized carbons (Fsp3) is 0.125. The third-order valence-corrected chi connectivity index (χ3v) is 3.21. The van der Waals surface area contributed by atoms with E-state index >= 15 is 0 Å². The number of ether oxygens (including phenoxy) is 1. The third-order valence-electron chi connectivity index (χ3n) is 2.96. The summed E-state index contributed by atoms with van der Waals surface area (Å²) in [7, 11) is 1.50. The van der Waals surface area contributed by atoms with Crippen LogP contribution in [0.3, 0.4) is 0 Å². The summed E-state index contributed by atoms with van der Waals surface area (Å²) in [6.45, 7) is 0. The van der Waals surface area contributed by atoms with Gasteiger partial charge in [-0.2, -0.15) is 10.5 Å². The molecule has 1 atom stereocenters. The molecular formula is C16H12ClN3O. The first kappa shape index (κ1) is 14.7. The predicted octanol–water partition coefficient (Wildman–Crippen LogP) is 3.90. The van der Waals surface area contributed by atoms with E-state index in [1.165, 1.54) is 7.11 Å². The Hall–Kier alpha value is -2.69. The quantitative estimate of drug-likeness (QED) is 0.929. The van der Waals surface area contributed by atoms with Gasteiger partial charge in [0.25, 0.3) is 0 Å². The fourth-order valence-corrected chi connectivity index (χ4v) is 2.02. The summed E-state index contributed by atoms with van der Waals surface area (Å²) in [4.78, 5) is 0. The number of methoxy groups -OCH3 is 1. The van der Waals surface area contributed by atoms with Crippen molar-refractivity contribution in [3.05, 3.63) is 58.6 Å². The van der Waals surface area contributed by atoms with E-state index in [4.69, 9.17) is 21.6 Å². The van der Waals surface area contributed by atoms with Crippen LogP contribution >= 0.6 is 11.6 Å². The van der Waals surface area contributed by atoms with Crippen molar-refractivity contribution in [1.82, 2.24) is 0 Å². The predicted molar refractivity (Wildman–Crippen MR) is 81.1 cm³/mol. The summed E-state index contributed by atoms with van der Waals surface area (Å²) in [5.74, 6) is 0.490. The Morgan fingerprint density at radius 2 is 1.86 bits per heavy atom. The van der Waals surface area contributed by atoms with Crippen molar-refractivity contribution in [2.24, 2.45) is 0 Å². The molecule has 0 aliphatic heterocycles.